The van der Waals surface area contributed by atoms with E-state index in [1.165, 1.54) is 12.1 Å². The van der Waals surface area contributed by atoms with Crippen LogP contribution in [0.2, 0.25) is 5.02 Å². The topological polar surface area (TPSA) is 69.6 Å². The first kappa shape index (κ1) is 18.4. The van der Waals surface area contributed by atoms with Gasteiger partial charge in [0.1, 0.15) is 5.75 Å². The van der Waals surface area contributed by atoms with E-state index in [9.17, 15) is 14.7 Å². The molecule has 2 amide bonds. The molecule has 1 saturated heterocycles. The molecule has 2 N–H and O–H groups in total. The number of amides is 2. The first-order valence-electron chi connectivity index (χ1n) is 7.49. The fourth-order valence-electron chi connectivity index (χ4n) is 2.30. The van der Waals surface area contributed by atoms with Crippen LogP contribution in [0.5, 0.6) is 5.75 Å². The van der Waals surface area contributed by atoms with Crippen LogP contribution in [-0.4, -0.2) is 26.3 Å². The number of hydrogen-bond donors (Lipinski definition) is 2. The highest BCUT2D eigenvalue weighted by Crippen LogP contribution is 2.32. The second-order valence-corrected chi connectivity index (χ2v) is 7.62. The van der Waals surface area contributed by atoms with E-state index in [0.29, 0.717) is 15.5 Å². The number of thioether (sulfide) groups is 1. The molecule has 2 aromatic carbocycles. The molecule has 2 aromatic rings. The van der Waals surface area contributed by atoms with Crippen LogP contribution in [0.25, 0.3) is 6.08 Å². The summed E-state index contributed by atoms with van der Waals surface area (Å²) in [7, 11) is 0. The third-order valence-corrected chi connectivity index (χ3v) is 5.16. The third-order valence-electron chi connectivity index (χ3n) is 3.54. The Hall–Kier alpha value is -2.35. The van der Waals surface area contributed by atoms with Crippen molar-refractivity contribution in [3.8, 4) is 5.75 Å². The van der Waals surface area contributed by atoms with E-state index >= 15 is 0 Å². The molecule has 0 unspecified atom stereocenters. The minimum absolute atomic E-state index is 0.0940. The molecule has 0 saturated carbocycles. The van der Waals surface area contributed by atoms with E-state index in [4.69, 9.17) is 23.8 Å². The molecule has 3 rings (SSSR count). The molecule has 0 aromatic heterocycles. The molecule has 0 spiro atoms. The van der Waals surface area contributed by atoms with Crippen molar-refractivity contribution in [2.45, 2.75) is 6.92 Å². The van der Waals surface area contributed by atoms with Crippen molar-refractivity contribution in [3.63, 3.8) is 0 Å². The summed E-state index contributed by atoms with van der Waals surface area (Å²) in [6, 6.07) is 11.5. The van der Waals surface area contributed by atoms with Crippen molar-refractivity contribution >= 4 is 57.8 Å². The van der Waals surface area contributed by atoms with Gasteiger partial charge in [0.15, 0.2) is 4.32 Å². The minimum Gasteiger partial charge on any atom is -0.508 e. The first-order chi connectivity index (χ1) is 12.3. The Morgan fingerprint density at radius 1 is 1.31 bits per heavy atom. The van der Waals surface area contributed by atoms with E-state index in [1.807, 2.05) is 6.92 Å². The summed E-state index contributed by atoms with van der Waals surface area (Å²) in [6.07, 6.45) is 1.60. The second kappa shape index (κ2) is 7.49. The number of rotatable bonds is 3. The van der Waals surface area contributed by atoms with Gasteiger partial charge in [0, 0.05) is 0 Å². The number of nitrogens with one attached hydrogen (secondary N) is 1. The van der Waals surface area contributed by atoms with Crippen LogP contribution in [0.3, 0.4) is 0 Å². The summed E-state index contributed by atoms with van der Waals surface area (Å²) in [6.45, 7) is 1.86. The lowest BCUT2D eigenvalue weighted by Gasteiger charge is -2.16. The Balaban J connectivity index is 1.80. The van der Waals surface area contributed by atoms with Gasteiger partial charge in [-0.3, -0.25) is 15.0 Å². The maximum Gasteiger partial charge on any atom is 0.285 e. The SMILES string of the molecule is Cc1ccc(C(=O)NN2C(=O)/C(=C\c3cccc(O)c3)SC2=S)c(Cl)c1. The number of hydrazine groups is 1. The van der Waals surface area contributed by atoms with Crippen molar-refractivity contribution in [3.05, 3.63) is 69.1 Å². The molecule has 5 nitrogen and oxygen atoms in total. The highest BCUT2D eigenvalue weighted by molar-refractivity contribution is 8.26. The van der Waals surface area contributed by atoms with Crippen LogP contribution >= 0.6 is 35.6 Å². The van der Waals surface area contributed by atoms with Crippen molar-refractivity contribution in [2.75, 3.05) is 0 Å². The Kier molecular flexibility index (Phi) is 5.31. The normalized spacial score (nSPS) is 15.6. The summed E-state index contributed by atoms with van der Waals surface area (Å²) in [4.78, 5) is 25.3. The molecule has 0 atom stereocenters. The molecule has 0 bridgehead atoms. The third kappa shape index (κ3) is 3.90. The molecule has 1 fully saturated rings. The van der Waals surface area contributed by atoms with Gasteiger partial charge in [0.25, 0.3) is 11.8 Å². The Morgan fingerprint density at radius 3 is 2.77 bits per heavy atom. The second-order valence-electron chi connectivity index (χ2n) is 5.54. The number of carbonyl (C=O) groups excluding carboxylic acids is 2. The standard InChI is InChI=1S/C18H13ClN2O3S2/c1-10-5-6-13(14(19)7-10)16(23)20-21-17(24)15(26-18(21)25)9-11-3-2-4-12(22)8-11/h2-9,22H,1H3,(H,20,23)/b15-9+. The summed E-state index contributed by atoms with van der Waals surface area (Å²) in [5.74, 6) is -0.874. The smallest absolute Gasteiger partial charge is 0.285 e. The van der Waals surface area contributed by atoms with Gasteiger partial charge in [-0.1, -0.05) is 41.6 Å². The molecule has 8 heteroatoms. The first-order valence-corrected chi connectivity index (χ1v) is 9.09. The number of phenolic OH excluding ortho intramolecular Hbond substituents is 1. The van der Waals surface area contributed by atoms with Crippen molar-refractivity contribution in [2.24, 2.45) is 0 Å². The molecule has 0 aliphatic carbocycles. The van der Waals surface area contributed by atoms with Crippen molar-refractivity contribution < 1.29 is 14.7 Å². The predicted molar refractivity (Wildman–Crippen MR) is 107 cm³/mol. The highest BCUT2D eigenvalue weighted by Gasteiger charge is 2.34. The Morgan fingerprint density at radius 2 is 2.08 bits per heavy atom. The largest absolute Gasteiger partial charge is 0.508 e. The molecule has 1 heterocycles. The lowest BCUT2D eigenvalue weighted by Crippen LogP contribution is -2.44. The molecule has 0 radical (unpaired) electrons. The lowest BCUT2D eigenvalue weighted by molar-refractivity contribution is -0.123. The maximum absolute atomic E-state index is 12.6. The van der Waals surface area contributed by atoms with Crippen LogP contribution in [0.4, 0.5) is 0 Å². The molecule has 1 aliphatic rings. The van der Waals surface area contributed by atoms with Gasteiger partial charge >= 0.3 is 0 Å². The Labute approximate surface area is 164 Å². The van der Waals surface area contributed by atoms with E-state index in [-0.39, 0.29) is 15.6 Å². The van der Waals surface area contributed by atoms with Gasteiger partial charge in [-0.15, -0.1) is 0 Å². The zero-order valence-corrected chi connectivity index (χ0v) is 15.9. The van der Waals surface area contributed by atoms with E-state index in [2.05, 4.69) is 5.43 Å². The summed E-state index contributed by atoms with van der Waals surface area (Å²) in [5.41, 5.74) is 4.32. The van der Waals surface area contributed by atoms with Crippen molar-refractivity contribution in [1.29, 1.82) is 0 Å². The average molecular weight is 405 g/mol. The number of thiocarbonyl (C=S) groups is 1. The van der Waals surface area contributed by atoms with Crippen LogP contribution in [0, 0.1) is 6.92 Å². The van der Waals surface area contributed by atoms with E-state index in [1.54, 1.807) is 36.4 Å². The fourth-order valence-corrected chi connectivity index (χ4v) is 3.80. The van der Waals surface area contributed by atoms with Crippen LogP contribution in [0.1, 0.15) is 21.5 Å². The van der Waals surface area contributed by atoms with Gasteiger partial charge in [-0.25, -0.2) is 0 Å². The molecular formula is C18H13ClN2O3S2. The zero-order valence-electron chi connectivity index (χ0n) is 13.5. The van der Waals surface area contributed by atoms with E-state index in [0.717, 1.165) is 22.3 Å². The minimum atomic E-state index is -0.523. The van der Waals surface area contributed by atoms with Crippen LogP contribution in [0.15, 0.2) is 47.4 Å². The van der Waals surface area contributed by atoms with Gasteiger partial charge in [0.05, 0.1) is 15.5 Å². The van der Waals surface area contributed by atoms with E-state index < -0.39 is 11.8 Å². The highest BCUT2D eigenvalue weighted by atomic mass is 35.5. The van der Waals surface area contributed by atoms with Gasteiger partial charge in [-0.05, 0) is 60.6 Å². The average Bonchev–Trinajstić information content (AvgIpc) is 2.82. The number of phenols is 1. The number of aromatic hydroxyl groups is 1. The number of aryl methyl sites for hydroxylation is 1. The number of benzene rings is 2. The Bertz CT molecular complexity index is 959. The predicted octanol–water partition coefficient (Wildman–Crippen LogP) is 3.90. The number of halogens is 1. The molecule has 132 valence electrons. The molecule has 26 heavy (non-hydrogen) atoms. The van der Waals surface area contributed by atoms with Crippen LogP contribution in [-0.2, 0) is 4.79 Å². The fraction of sp³-hybridized carbons (Fsp3) is 0.0556. The van der Waals surface area contributed by atoms with Crippen molar-refractivity contribution in [1.82, 2.24) is 10.4 Å². The number of hydrogen-bond acceptors (Lipinski definition) is 5. The van der Waals surface area contributed by atoms with Gasteiger partial charge in [0.2, 0.25) is 0 Å². The molecular weight excluding hydrogens is 392 g/mol. The summed E-state index contributed by atoms with van der Waals surface area (Å²) in [5, 5.41) is 10.8. The van der Waals surface area contributed by atoms with Gasteiger partial charge in [-0.2, -0.15) is 5.01 Å². The quantitative estimate of drug-likeness (QED) is 0.599. The summed E-state index contributed by atoms with van der Waals surface area (Å²) < 4.78 is 0.206. The number of carbonyl (C=O) groups is 2. The maximum atomic E-state index is 12.6. The zero-order chi connectivity index (χ0) is 18.8. The monoisotopic (exact) mass is 404 g/mol. The molecule has 1 aliphatic heterocycles. The number of nitrogens with zero attached hydrogens (tertiary/aromatic N) is 1. The van der Waals surface area contributed by atoms with Crippen LogP contribution < -0.4 is 5.43 Å². The lowest BCUT2D eigenvalue weighted by atomic mass is 10.1. The summed E-state index contributed by atoms with van der Waals surface area (Å²) >= 11 is 12.4. The van der Waals surface area contributed by atoms with Gasteiger partial charge < -0.3 is 5.11 Å².